The van der Waals surface area contributed by atoms with Gasteiger partial charge in [-0.25, -0.2) is 17.5 Å². The molecule has 3 N–H and O–H groups in total. The lowest BCUT2D eigenvalue weighted by Crippen LogP contribution is -2.49. The van der Waals surface area contributed by atoms with Crippen LogP contribution in [-0.2, 0) is 14.8 Å². The summed E-state index contributed by atoms with van der Waals surface area (Å²) in [7, 11) is -3.79. The molecule has 0 amide bonds. The van der Waals surface area contributed by atoms with Crippen molar-refractivity contribution >= 4 is 31.6 Å². The zero-order chi connectivity index (χ0) is 15.0. The molecule has 8 heteroatoms. The SMILES string of the molecule is CC1(NS(=O)(=O)c2cc(N)c(F)cc2Br)CCOCC1. The maximum atomic E-state index is 13.3. The van der Waals surface area contributed by atoms with Crippen LogP contribution in [0, 0.1) is 5.82 Å². The second-order valence-corrected chi connectivity index (χ2v) is 7.59. The minimum Gasteiger partial charge on any atom is -0.396 e. The highest BCUT2D eigenvalue weighted by Gasteiger charge is 2.33. The molecule has 0 saturated carbocycles. The smallest absolute Gasteiger partial charge is 0.242 e. The number of nitrogens with two attached hydrogens (primary N) is 1. The van der Waals surface area contributed by atoms with Gasteiger partial charge in [0, 0.05) is 23.2 Å². The number of halogens is 2. The van der Waals surface area contributed by atoms with E-state index in [1.165, 1.54) is 0 Å². The van der Waals surface area contributed by atoms with Gasteiger partial charge in [0.1, 0.15) is 5.82 Å². The number of anilines is 1. The van der Waals surface area contributed by atoms with Crippen molar-refractivity contribution in [2.24, 2.45) is 0 Å². The molecule has 1 aliphatic heterocycles. The molecule has 5 nitrogen and oxygen atoms in total. The van der Waals surface area contributed by atoms with E-state index in [1.807, 2.05) is 6.92 Å². The standard InChI is InChI=1S/C12H16BrFN2O3S/c1-12(2-4-19-5-3-12)16-20(17,18)11-7-10(15)9(14)6-8(11)13/h6-7,16H,2-5,15H2,1H3. The van der Waals surface area contributed by atoms with E-state index in [0.717, 1.165) is 12.1 Å². The summed E-state index contributed by atoms with van der Waals surface area (Å²) in [5.41, 5.74) is 4.67. The quantitative estimate of drug-likeness (QED) is 0.801. The zero-order valence-electron chi connectivity index (χ0n) is 10.9. The largest absolute Gasteiger partial charge is 0.396 e. The Morgan fingerprint density at radius 3 is 2.60 bits per heavy atom. The van der Waals surface area contributed by atoms with Gasteiger partial charge in [0.2, 0.25) is 10.0 Å². The molecule has 0 radical (unpaired) electrons. The number of hydrogen-bond acceptors (Lipinski definition) is 4. The third-order valence-corrected chi connectivity index (χ3v) is 5.91. The third kappa shape index (κ3) is 3.30. The molecule has 112 valence electrons. The molecule has 1 aliphatic rings. The molecule has 1 aromatic carbocycles. The van der Waals surface area contributed by atoms with Crippen LogP contribution in [0.15, 0.2) is 21.5 Å². The number of nitrogen functional groups attached to an aromatic ring is 1. The number of benzene rings is 1. The Morgan fingerprint density at radius 1 is 1.40 bits per heavy atom. The number of nitrogens with one attached hydrogen (secondary N) is 1. The van der Waals surface area contributed by atoms with Gasteiger partial charge in [0.15, 0.2) is 0 Å². The highest BCUT2D eigenvalue weighted by molar-refractivity contribution is 9.10. The average molecular weight is 367 g/mol. The first kappa shape index (κ1) is 15.7. The fourth-order valence-corrected chi connectivity index (χ4v) is 4.57. The van der Waals surface area contributed by atoms with E-state index in [1.54, 1.807) is 0 Å². The molecule has 0 aliphatic carbocycles. The first-order valence-electron chi connectivity index (χ1n) is 6.10. The summed E-state index contributed by atoms with van der Waals surface area (Å²) >= 11 is 3.06. The van der Waals surface area contributed by atoms with Crippen molar-refractivity contribution < 1.29 is 17.5 Å². The Labute approximate surface area is 125 Å². The third-order valence-electron chi connectivity index (χ3n) is 3.32. The van der Waals surface area contributed by atoms with Crippen molar-refractivity contribution in [2.45, 2.75) is 30.2 Å². The number of ether oxygens (including phenoxy) is 1. The van der Waals surface area contributed by atoms with Gasteiger partial charge in [-0.3, -0.25) is 0 Å². The van der Waals surface area contributed by atoms with Gasteiger partial charge in [-0.2, -0.15) is 0 Å². The molecular weight excluding hydrogens is 351 g/mol. The van der Waals surface area contributed by atoms with Crippen molar-refractivity contribution in [1.82, 2.24) is 4.72 Å². The molecule has 1 saturated heterocycles. The van der Waals surface area contributed by atoms with Gasteiger partial charge in [-0.15, -0.1) is 0 Å². The van der Waals surface area contributed by atoms with E-state index in [9.17, 15) is 12.8 Å². The Bertz CT molecular complexity index is 615. The lowest BCUT2D eigenvalue weighted by atomic mass is 9.94. The van der Waals surface area contributed by atoms with Gasteiger partial charge in [0.25, 0.3) is 0 Å². The average Bonchev–Trinajstić information content (AvgIpc) is 2.33. The maximum absolute atomic E-state index is 13.3. The lowest BCUT2D eigenvalue weighted by Gasteiger charge is -2.34. The molecule has 1 aromatic rings. The van der Waals surface area contributed by atoms with Crippen LogP contribution in [0.4, 0.5) is 10.1 Å². The first-order chi connectivity index (χ1) is 9.23. The van der Waals surface area contributed by atoms with Crippen LogP contribution in [0.3, 0.4) is 0 Å². The van der Waals surface area contributed by atoms with Crippen LogP contribution in [-0.4, -0.2) is 27.2 Å². The van der Waals surface area contributed by atoms with E-state index in [0.29, 0.717) is 26.1 Å². The predicted octanol–water partition coefficient (Wildman–Crippen LogP) is 2.02. The van der Waals surface area contributed by atoms with Crippen LogP contribution in [0.5, 0.6) is 0 Å². The Balaban J connectivity index is 2.33. The summed E-state index contributed by atoms with van der Waals surface area (Å²) in [6, 6.07) is 2.17. The molecule has 0 atom stereocenters. The van der Waals surface area contributed by atoms with Crippen molar-refractivity contribution in [2.75, 3.05) is 18.9 Å². The first-order valence-corrected chi connectivity index (χ1v) is 8.37. The fourth-order valence-electron chi connectivity index (χ4n) is 2.05. The highest BCUT2D eigenvalue weighted by Crippen LogP contribution is 2.29. The van der Waals surface area contributed by atoms with Gasteiger partial charge in [-0.05, 0) is 47.8 Å². The molecule has 0 spiro atoms. The summed E-state index contributed by atoms with van der Waals surface area (Å²) in [4.78, 5) is -0.0656. The molecule has 0 bridgehead atoms. The van der Waals surface area contributed by atoms with Crippen molar-refractivity contribution in [3.05, 3.63) is 22.4 Å². The van der Waals surface area contributed by atoms with Gasteiger partial charge in [0.05, 0.1) is 10.6 Å². The minimum atomic E-state index is -3.79. The number of hydrogen-bond donors (Lipinski definition) is 2. The topological polar surface area (TPSA) is 81.4 Å². The monoisotopic (exact) mass is 366 g/mol. The second-order valence-electron chi connectivity index (χ2n) is 5.08. The molecule has 1 heterocycles. The second kappa shape index (κ2) is 5.59. The predicted molar refractivity (Wildman–Crippen MR) is 77.3 cm³/mol. The van der Waals surface area contributed by atoms with E-state index in [-0.39, 0.29) is 15.1 Å². The maximum Gasteiger partial charge on any atom is 0.242 e. The van der Waals surface area contributed by atoms with Crippen LogP contribution >= 0.6 is 15.9 Å². The van der Waals surface area contributed by atoms with Crippen LogP contribution in [0.25, 0.3) is 0 Å². The summed E-state index contributed by atoms with van der Waals surface area (Å²) in [5, 5.41) is 0. The van der Waals surface area contributed by atoms with Gasteiger partial charge in [-0.1, -0.05) is 0 Å². The molecule has 20 heavy (non-hydrogen) atoms. The minimum absolute atomic E-state index is 0.0656. The van der Waals surface area contributed by atoms with Gasteiger partial charge < -0.3 is 10.5 Å². The Hall–Kier alpha value is -0.700. The van der Waals surface area contributed by atoms with E-state index in [4.69, 9.17) is 10.5 Å². The number of rotatable bonds is 3. The molecule has 0 aromatic heterocycles. The highest BCUT2D eigenvalue weighted by atomic mass is 79.9. The van der Waals surface area contributed by atoms with Crippen LogP contribution in [0.1, 0.15) is 19.8 Å². The molecule has 1 fully saturated rings. The number of sulfonamides is 1. The summed E-state index contributed by atoms with van der Waals surface area (Å²) in [6.45, 7) is 2.84. The van der Waals surface area contributed by atoms with Gasteiger partial charge >= 0.3 is 0 Å². The van der Waals surface area contributed by atoms with Crippen molar-refractivity contribution in [1.29, 1.82) is 0 Å². The van der Waals surface area contributed by atoms with E-state index in [2.05, 4.69) is 20.7 Å². The Morgan fingerprint density at radius 2 is 2.00 bits per heavy atom. The summed E-state index contributed by atoms with van der Waals surface area (Å²) in [6.07, 6.45) is 1.17. The van der Waals surface area contributed by atoms with Crippen molar-refractivity contribution in [3.8, 4) is 0 Å². The molecule has 0 unspecified atom stereocenters. The van der Waals surface area contributed by atoms with E-state index >= 15 is 0 Å². The zero-order valence-corrected chi connectivity index (χ0v) is 13.4. The lowest BCUT2D eigenvalue weighted by molar-refractivity contribution is 0.0537. The molecule has 2 rings (SSSR count). The summed E-state index contributed by atoms with van der Waals surface area (Å²) in [5.74, 6) is -0.659. The van der Waals surface area contributed by atoms with E-state index < -0.39 is 21.4 Å². The fraction of sp³-hybridized carbons (Fsp3) is 0.500. The summed E-state index contributed by atoms with van der Waals surface area (Å²) < 4.78 is 46.2. The Kier molecular flexibility index (Phi) is 4.38. The normalized spacial score (nSPS) is 18.9. The molecular formula is C12H16BrFN2O3S. The van der Waals surface area contributed by atoms with Crippen molar-refractivity contribution in [3.63, 3.8) is 0 Å². The van der Waals surface area contributed by atoms with Crippen LogP contribution in [0.2, 0.25) is 0 Å². The van der Waals surface area contributed by atoms with Crippen LogP contribution < -0.4 is 10.5 Å².